The Hall–Kier alpha value is -1.02. The number of benzene rings is 1. The van der Waals surface area contributed by atoms with Gasteiger partial charge in [0.05, 0.1) is 0 Å². The minimum Gasteiger partial charge on any atom is -0.373 e. The average Bonchev–Trinajstić information content (AvgIpc) is 2.07. The molecule has 0 aromatic heterocycles. The van der Waals surface area contributed by atoms with Gasteiger partial charge in [-0.2, -0.15) is 0 Å². The van der Waals surface area contributed by atoms with Gasteiger partial charge in [-0.15, -0.1) is 0 Å². The summed E-state index contributed by atoms with van der Waals surface area (Å²) < 4.78 is 0. The Morgan fingerprint density at radius 1 is 1.21 bits per heavy atom. The highest BCUT2D eigenvalue weighted by molar-refractivity contribution is 5.50. The van der Waals surface area contributed by atoms with Crippen molar-refractivity contribution in [3.8, 4) is 0 Å². The van der Waals surface area contributed by atoms with Crippen molar-refractivity contribution in [3.63, 3.8) is 0 Å². The molecule has 0 aliphatic rings. The first-order chi connectivity index (χ1) is 6.41. The molecular formula is C12H19NO. The molecule has 1 unspecified atom stereocenters. The van der Waals surface area contributed by atoms with Gasteiger partial charge in [-0.1, -0.05) is 39.0 Å². The largest absolute Gasteiger partial charge is 0.373 e. The van der Waals surface area contributed by atoms with Crippen LogP contribution in [0.5, 0.6) is 0 Å². The van der Waals surface area contributed by atoms with Crippen molar-refractivity contribution in [2.24, 2.45) is 5.41 Å². The van der Waals surface area contributed by atoms with Crippen LogP contribution in [-0.2, 0) is 0 Å². The number of nitrogens with one attached hydrogen (secondary N) is 1. The number of aryl methyl sites for hydroxylation is 1. The zero-order chi connectivity index (χ0) is 10.8. The van der Waals surface area contributed by atoms with E-state index in [-0.39, 0.29) is 5.41 Å². The molecule has 0 bridgehead atoms. The predicted octanol–water partition coefficient (Wildman–Crippen LogP) is 2.77. The van der Waals surface area contributed by atoms with Crippen molar-refractivity contribution in [3.05, 3.63) is 29.8 Å². The van der Waals surface area contributed by atoms with E-state index in [0.717, 1.165) is 11.3 Å². The Bertz CT molecular complexity index is 301. The fourth-order valence-electron chi connectivity index (χ4n) is 1.10. The first-order valence-electron chi connectivity index (χ1n) is 4.91. The van der Waals surface area contributed by atoms with E-state index in [1.165, 1.54) is 0 Å². The van der Waals surface area contributed by atoms with Crippen LogP contribution in [-0.4, -0.2) is 11.3 Å². The number of aliphatic hydroxyl groups is 1. The van der Waals surface area contributed by atoms with E-state index in [1.54, 1.807) is 0 Å². The van der Waals surface area contributed by atoms with Gasteiger partial charge < -0.3 is 10.4 Å². The van der Waals surface area contributed by atoms with Crippen LogP contribution in [0.3, 0.4) is 0 Å². The van der Waals surface area contributed by atoms with Gasteiger partial charge in [0, 0.05) is 11.1 Å². The Morgan fingerprint density at radius 3 is 2.29 bits per heavy atom. The minimum atomic E-state index is -0.524. The first-order valence-corrected chi connectivity index (χ1v) is 4.91. The second-order valence-corrected chi connectivity index (χ2v) is 4.73. The maximum atomic E-state index is 9.85. The molecule has 1 aromatic carbocycles. The molecule has 2 N–H and O–H groups in total. The van der Waals surface area contributed by atoms with Gasteiger partial charge in [0.15, 0.2) is 0 Å². The molecule has 14 heavy (non-hydrogen) atoms. The molecule has 0 spiro atoms. The van der Waals surface area contributed by atoms with Gasteiger partial charge in [-0.3, -0.25) is 0 Å². The van der Waals surface area contributed by atoms with Crippen LogP contribution in [0.25, 0.3) is 0 Å². The van der Waals surface area contributed by atoms with E-state index in [1.807, 2.05) is 52.0 Å². The van der Waals surface area contributed by atoms with Gasteiger partial charge >= 0.3 is 0 Å². The molecule has 2 nitrogen and oxygen atoms in total. The summed E-state index contributed by atoms with van der Waals surface area (Å²) in [5.74, 6) is 0. The van der Waals surface area contributed by atoms with Gasteiger partial charge in [-0.05, 0) is 18.6 Å². The quantitative estimate of drug-likeness (QED) is 0.708. The SMILES string of the molecule is Cc1ccccc1NC(O)C(C)(C)C. The molecule has 0 saturated heterocycles. The summed E-state index contributed by atoms with van der Waals surface area (Å²) in [5.41, 5.74) is 1.99. The fraction of sp³-hybridized carbons (Fsp3) is 0.500. The summed E-state index contributed by atoms with van der Waals surface area (Å²) in [6.45, 7) is 8.03. The van der Waals surface area contributed by atoms with Crippen molar-refractivity contribution in [1.82, 2.24) is 0 Å². The van der Waals surface area contributed by atoms with Crippen molar-refractivity contribution < 1.29 is 5.11 Å². The maximum Gasteiger partial charge on any atom is 0.129 e. The first kappa shape index (κ1) is 11.1. The highest BCUT2D eigenvalue weighted by Crippen LogP contribution is 2.22. The Labute approximate surface area is 86.0 Å². The molecule has 0 amide bonds. The summed E-state index contributed by atoms with van der Waals surface area (Å²) in [6.07, 6.45) is -0.524. The highest BCUT2D eigenvalue weighted by Gasteiger charge is 2.21. The summed E-state index contributed by atoms with van der Waals surface area (Å²) in [4.78, 5) is 0. The van der Waals surface area contributed by atoms with Crippen LogP contribution in [0.2, 0.25) is 0 Å². The third kappa shape index (κ3) is 2.74. The molecule has 0 heterocycles. The van der Waals surface area contributed by atoms with Crippen LogP contribution in [0.4, 0.5) is 5.69 Å². The van der Waals surface area contributed by atoms with E-state index in [2.05, 4.69) is 5.32 Å². The monoisotopic (exact) mass is 193 g/mol. The number of hydrogen-bond donors (Lipinski definition) is 2. The lowest BCUT2D eigenvalue weighted by Gasteiger charge is -2.28. The second-order valence-electron chi connectivity index (χ2n) is 4.73. The van der Waals surface area contributed by atoms with Crippen LogP contribution in [0, 0.1) is 12.3 Å². The third-order valence-electron chi connectivity index (χ3n) is 2.26. The smallest absolute Gasteiger partial charge is 0.129 e. The van der Waals surface area contributed by atoms with E-state index in [0.29, 0.717) is 0 Å². The van der Waals surface area contributed by atoms with Crippen LogP contribution in [0.15, 0.2) is 24.3 Å². The number of para-hydroxylation sites is 1. The van der Waals surface area contributed by atoms with Gasteiger partial charge in [0.2, 0.25) is 0 Å². The molecule has 0 saturated carbocycles. The normalized spacial score (nSPS) is 13.8. The highest BCUT2D eigenvalue weighted by atomic mass is 16.3. The second kappa shape index (κ2) is 4.01. The van der Waals surface area contributed by atoms with E-state index in [4.69, 9.17) is 0 Å². The lowest BCUT2D eigenvalue weighted by atomic mass is 9.94. The zero-order valence-electron chi connectivity index (χ0n) is 9.33. The summed E-state index contributed by atoms with van der Waals surface area (Å²) >= 11 is 0. The fourth-order valence-corrected chi connectivity index (χ4v) is 1.10. The van der Waals surface area contributed by atoms with Crippen LogP contribution in [0.1, 0.15) is 26.3 Å². The van der Waals surface area contributed by atoms with Gasteiger partial charge in [0.25, 0.3) is 0 Å². The molecule has 2 heteroatoms. The lowest BCUT2D eigenvalue weighted by Crippen LogP contribution is -2.33. The molecule has 0 aliphatic heterocycles. The van der Waals surface area contributed by atoms with Crippen LogP contribution >= 0.6 is 0 Å². The lowest BCUT2D eigenvalue weighted by molar-refractivity contribution is 0.0880. The summed E-state index contributed by atoms with van der Waals surface area (Å²) in [6, 6.07) is 7.96. The van der Waals surface area contributed by atoms with Crippen LogP contribution < -0.4 is 5.32 Å². The number of hydrogen-bond acceptors (Lipinski definition) is 2. The Kier molecular flexibility index (Phi) is 3.17. The standard InChI is InChI=1S/C12H19NO/c1-9-7-5-6-8-10(9)13-11(14)12(2,3)4/h5-8,11,13-14H,1-4H3. The molecule has 1 aromatic rings. The van der Waals surface area contributed by atoms with Crippen molar-refractivity contribution >= 4 is 5.69 Å². The minimum absolute atomic E-state index is 0.151. The van der Waals surface area contributed by atoms with E-state index in [9.17, 15) is 5.11 Å². The molecular weight excluding hydrogens is 174 g/mol. The van der Waals surface area contributed by atoms with E-state index < -0.39 is 6.23 Å². The predicted molar refractivity (Wildman–Crippen MR) is 60.3 cm³/mol. The molecule has 0 aliphatic carbocycles. The van der Waals surface area contributed by atoms with Gasteiger partial charge in [0.1, 0.15) is 6.23 Å². The molecule has 1 atom stereocenters. The number of anilines is 1. The topological polar surface area (TPSA) is 32.3 Å². The van der Waals surface area contributed by atoms with E-state index >= 15 is 0 Å². The third-order valence-corrected chi connectivity index (χ3v) is 2.26. The molecule has 0 radical (unpaired) electrons. The number of rotatable bonds is 2. The Morgan fingerprint density at radius 2 is 1.79 bits per heavy atom. The summed E-state index contributed by atoms with van der Waals surface area (Å²) in [7, 11) is 0. The molecule has 78 valence electrons. The zero-order valence-corrected chi connectivity index (χ0v) is 9.33. The molecule has 0 fully saturated rings. The Balaban J connectivity index is 2.75. The van der Waals surface area contributed by atoms with Crippen molar-refractivity contribution in [2.75, 3.05) is 5.32 Å². The van der Waals surface area contributed by atoms with Gasteiger partial charge in [-0.25, -0.2) is 0 Å². The molecule has 1 rings (SSSR count). The maximum absolute atomic E-state index is 9.85. The number of aliphatic hydroxyl groups excluding tert-OH is 1. The van der Waals surface area contributed by atoms with Crippen molar-refractivity contribution in [1.29, 1.82) is 0 Å². The average molecular weight is 193 g/mol. The van der Waals surface area contributed by atoms with Crippen molar-refractivity contribution in [2.45, 2.75) is 33.9 Å². The summed E-state index contributed by atoms with van der Waals surface area (Å²) in [5, 5.41) is 13.0.